The molecule has 0 fully saturated rings. The van der Waals surface area contributed by atoms with Crippen molar-refractivity contribution < 1.29 is 13.2 Å². The van der Waals surface area contributed by atoms with E-state index in [9.17, 15) is 18.0 Å². The molecule has 21 heavy (non-hydrogen) atoms. The van der Waals surface area contributed by atoms with Crippen LogP contribution in [0.3, 0.4) is 0 Å². The van der Waals surface area contributed by atoms with Crippen LogP contribution < -0.4 is 11.0 Å². The van der Waals surface area contributed by atoms with Crippen molar-refractivity contribution in [2.75, 3.05) is 5.32 Å². The summed E-state index contributed by atoms with van der Waals surface area (Å²) in [6.45, 7) is 0. The smallest absolute Gasteiger partial charge is 0.324 e. The molecule has 0 aliphatic heterocycles. The molecular formula is C12H8F3N5O. The summed E-state index contributed by atoms with van der Waals surface area (Å²) in [6, 6.07) is 5.56. The minimum atomic E-state index is -4.53. The van der Waals surface area contributed by atoms with E-state index in [1.54, 1.807) is 18.2 Å². The van der Waals surface area contributed by atoms with Gasteiger partial charge in [0.05, 0.1) is 11.0 Å². The molecule has 9 heteroatoms. The standard InChI is InChI=1S/C12H8F3N5O/c13-12(14,15)9-3-4-16-10(20-9)17-6-1-2-7-8(5-6)19-11(21)18-7/h1-5H,(H,16,17,20)(H2,18,19,21). The van der Waals surface area contributed by atoms with Crippen LogP contribution in [0.5, 0.6) is 0 Å². The summed E-state index contributed by atoms with van der Waals surface area (Å²) in [5, 5.41) is 2.66. The molecule has 0 unspecified atom stereocenters. The van der Waals surface area contributed by atoms with Crippen molar-refractivity contribution in [3.8, 4) is 0 Å². The average Bonchev–Trinajstić information content (AvgIpc) is 2.77. The number of fused-ring (bicyclic) bond motifs is 1. The Morgan fingerprint density at radius 3 is 2.62 bits per heavy atom. The number of hydrogen-bond acceptors (Lipinski definition) is 4. The molecule has 3 aromatic rings. The largest absolute Gasteiger partial charge is 0.433 e. The van der Waals surface area contributed by atoms with Crippen LogP contribution in [0.1, 0.15) is 5.69 Å². The van der Waals surface area contributed by atoms with Crippen LogP contribution in [0, 0.1) is 0 Å². The third-order valence-corrected chi connectivity index (χ3v) is 2.72. The van der Waals surface area contributed by atoms with Gasteiger partial charge in [-0.2, -0.15) is 13.2 Å². The number of H-pyrrole nitrogens is 2. The van der Waals surface area contributed by atoms with Gasteiger partial charge < -0.3 is 15.3 Å². The molecule has 0 atom stereocenters. The maximum Gasteiger partial charge on any atom is 0.433 e. The molecule has 0 aliphatic carbocycles. The second-order valence-corrected chi connectivity index (χ2v) is 4.23. The summed E-state index contributed by atoms with van der Waals surface area (Å²) in [7, 11) is 0. The number of anilines is 2. The zero-order valence-corrected chi connectivity index (χ0v) is 10.3. The van der Waals surface area contributed by atoms with Gasteiger partial charge in [0, 0.05) is 11.9 Å². The number of aromatic amines is 2. The van der Waals surface area contributed by atoms with E-state index >= 15 is 0 Å². The van der Waals surface area contributed by atoms with Crippen molar-refractivity contribution >= 4 is 22.7 Å². The predicted octanol–water partition coefficient (Wildman–Crippen LogP) is 2.41. The lowest BCUT2D eigenvalue weighted by atomic mass is 10.3. The first-order valence-electron chi connectivity index (χ1n) is 5.81. The lowest BCUT2D eigenvalue weighted by Gasteiger charge is -2.08. The minimum absolute atomic E-state index is 0.179. The van der Waals surface area contributed by atoms with Crippen molar-refractivity contribution in [3.05, 3.63) is 46.6 Å². The predicted molar refractivity (Wildman–Crippen MR) is 69.2 cm³/mol. The number of rotatable bonds is 2. The van der Waals surface area contributed by atoms with Gasteiger partial charge in [0.15, 0.2) is 0 Å². The summed E-state index contributed by atoms with van der Waals surface area (Å²) >= 11 is 0. The highest BCUT2D eigenvalue weighted by Crippen LogP contribution is 2.28. The molecule has 0 radical (unpaired) electrons. The molecule has 3 rings (SSSR count). The van der Waals surface area contributed by atoms with E-state index in [1.807, 2.05) is 0 Å². The number of aromatic nitrogens is 4. The number of alkyl halides is 3. The SMILES string of the molecule is O=c1[nH]c2ccc(Nc3nccc(C(F)(F)F)n3)cc2[nH]1. The highest BCUT2D eigenvalue weighted by atomic mass is 19.4. The van der Waals surface area contributed by atoms with Crippen LogP contribution in [0.25, 0.3) is 11.0 Å². The van der Waals surface area contributed by atoms with Crippen LogP contribution >= 0.6 is 0 Å². The number of imidazole rings is 1. The van der Waals surface area contributed by atoms with Gasteiger partial charge in [0.2, 0.25) is 5.95 Å². The fourth-order valence-electron chi connectivity index (χ4n) is 1.82. The zero-order valence-electron chi connectivity index (χ0n) is 10.3. The van der Waals surface area contributed by atoms with Gasteiger partial charge in [-0.05, 0) is 24.3 Å². The number of nitrogens with one attached hydrogen (secondary N) is 3. The first-order chi connectivity index (χ1) is 9.91. The van der Waals surface area contributed by atoms with Crippen molar-refractivity contribution in [2.24, 2.45) is 0 Å². The number of halogens is 3. The topological polar surface area (TPSA) is 86.5 Å². The first-order valence-corrected chi connectivity index (χ1v) is 5.81. The van der Waals surface area contributed by atoms with Crippen molar-refractivity contribution in [1.82, 2.24) is 19.9 Å². The second-order valence-electron chi connectivity index (χ2n) is 4.23. The molecule has 108 valence electrons. The molecule has 0 spiro atoms. The fraction of sp³-hybridized carbons (Fsp3) is 0.0833. The molecule has 0 saturated carbocycles. The maximum atomic E-state index is 12.6. The monoisotopic (exact) mass is 295 g/mol. The van der Waals surface area contributed by atoms with Gasteiger partial charge in [-0.15, -0.1) is 0 Å². The van der Waals surface area contributed by atoms with Crippen molar-refractivity contribution in [1.29, 1.82) is 0 Å². The lowest BCUT2D eigenvalue weighted by molar-refractivity contribution is -0.141. The Kier molecular flexibility index (Phi) is 2.89. The third kappa shape index (κ3) is 2.71. The van der Waals surface area contributed by atoms with Crippen molar-refractivity contribution in [2.45, 2.75) is 6.18 Å². The van der Waals surface area contributed by atoms with Crippen molar-refractivity contribution in [3.63, 3.8) is 0 Å². The van der Waals surface area contributed by atoms with Crippen LogP contribution in [0.4, 0.5) is 24.8 Å². The Labute approximate surface area is 115 Å². The second kappa shape index (κ2) is 4.62. The quantitative estimate of drug-likeness (QED) is 0.677. The van der Waals surface area contributed by atoms with Gasteiger partial charge in [0.25, 0.3) is 0 Å². The van der Waals surface area contributed by atoms with Gasteiger partial charge in [-0.3, -0.25) is 0 Å². The Bertz CT molecular complexity index is 852. The molecule has 0 saturated heterocycles. The average molecular weight is 295 g/mol. The molecule has 0 amide bonds. The Balaban J connectivity index is 1.92. The summed E-state index contributed by atoms with van der Waals surface area (Å²) in [5.74, 6) is -0.179. The van der Waals surface area contributed by atoms with Gasteiger partial charge >= 0.3 is 11.9 Å². The summed E-state index contributed by atoms with van der Waals surface area (Å²) in [6.07, 6.45) is -3.51. The first kappa shape index (κ1) is 13.2. The molecule has 2 aromatic heterocycles. The minimum Gasteiger partial charge on any atom is -0.324 e. The molecule has 6 nitrogen and oxygen atoms in total. The summed E-state index contributed by atoms with van der Waals surface area (Å²) in [4.78, 5) is 23.4. The Morgan fingerprint density at radius 2 is 1.86 bits per heavy atom. The van der Waals surface area contributed by atoms with Gasteiger partial charge in [0.1, 0.15) is 5.69 Å². The molecule has 3 N–H and O–H groups in total. The van der Waals surface area contributed by atoms with Crippen LogP contribution in [0.15, 0.2) is 35.3 Å². The van der Waals surface area contributed by atoms with Crippen LogP contribution in [-0.2, 0) is 6.18 Å². The molecule has 1 aromatic carbocycles. The van der Waals surface area contributed by atoms with Crippen LogP contribution in [0.2, 0.25) is 0 Å². The number of benzene rings is 1. The zero-order chi connectivity index (χ0) is 15.0. The summed E-state index contributed by atoms with van der Waals surface area (Å²) < 4.78 is 37.7. The summed E-state index contributed by atoms with van der Waals surface area (Å²) in [5.41, 5.74) is 0.179. The van der Waals surface area contributed by atoms with Gasteiger partial charge in [-0.1, -0.05) is 0 Å². The van der Waals surface area contributed by atoms with E-state index < -0.39 is 11.9 Å². The Hall–Kier alpha value is -2.84. The lowest BCUT2D eigenvalue weighted by Crippen LogP contribution is -2.10. The maximum absolute atomic E-state index is 12.6. The normalized spacial score (nSPS) is 11.8. The number of hydrogen-bond donors (Lipinski definition) is 3. The van der Waals surface area contributed by atoms with E-state index in [0.717, 1.165) is 12.3 Å². The fourth-order valence-corrected chi connectivity index (χ4v) is 1.82. The third-order valence-electron chi connectivity index (χ3n) is 2.72. The molecular weight excluding hydrogens is 287 g/mol. The highest BCUT2D eigenvalue weighted by Gasteiger charge is 2.32. The van der Waals surface area contributed by atoms with E-state index in [1.165, 1.54) is 0 Å². The van der Waals surface area contributed by atoms with E-state index in [2.05, 4.69) is 25.3 Å². The molecule has 0 bridgehead atoms. The van der Waals surface area contributed by atoms with Crippen LogP contribution in [-0.4, -0.2) is 19.9 Å². The van der Waals surface area contributed by atoms with Gasteiger partial charge in [-0.25, -0.2) is 14.8 Å². The number of nitrogens with zero attached hydrogens (tertiary/aromatic N) is 2. The van der Waals surface area contributed by atoms with E-state index in [0.29, 0.717) is 16.7 Å². The van der Waals surface area contributed by atoms with E-state index in [4.69, 9.17) is 0 Å². The molecule has 0 aliphatic rings. The van der Waals surface area contributed by atoms with E-state index in [-0.39, 0.29) is 11.6 Å². The highest BCUT2D eigenvalue weighted by molar-refractivity contribution is 5.79. The molecule has 2 heterocycles. The Morgan fingerprint density at radius 1 is 1.10 bits per heavy atom.